The third kappa shape index (κ3) is 3.03. The molecule has 4 aliphatic carbocycles. The van der Waals surface area contributed by atoms with Gasteiger partial charge in [0.2, 0.25) is 0 Å². The molecule has 0 aliphatic heterocycles. The summed E-state index contributed by atoms with van der Waals surface area (Å²) < 4.78 is 6.55. The summed E-state index contributed by atoms with van der Waals surface area (Å²) in [6, 6.07) is 0. The smallest absolute Gasteiger partial charge is 0.316 e. The van der Waals surface area contributed by atoms with Crippen LogP contribution in [0.15, 0.2) is 12.2 Å². The number of carbonyl (C=O) groups excluding carboxylic acids is 2. The third-order valence-electron chi connectivity index (χ3n) is 9.00. The number of carbonyl (C=O) groups is 2. The van der Waals surface area contributed by atoms with Crippen LogP contribution in [0.5, 0.6) is 0 Å². The van der Waals surface area contributed by atoms with Crippen molar-refractivity contribution in [2.45, 2.75) is 71.8 Å². The highest BCUT2D eigenvalue weighted by Crippen LogP contribution is 2.67. The Morgan fingerprint density at radius 2 is 1.89 bits per heavy atom. The second-order valence-corrected chi connectivity index (χ2v) is 10.9. The molecule has 0 aromatic rings. The Morgan fingerprint density at radius 3 is 2.59 bits per heavy atom. The molecule has 8 atom stereocenters. The number of esters is 1. The summed E-state index contributed by atoms with van der Waals surface area (Å²) in [6.07, 6.45) is 12.5. The minimum absolute atomic E-state index is 0.00305. The van der Waals surface area contributed by atoms with Crippen LogP contribution in [-0.2, 0) is 14.3 Å². The first-order valence-electron chi connectivity index (χ1n) is 10.7. The molecule has 0 radical (unpaired) electrons. The molecule has 0 saturated heterocycles. The molecule has 4 aliphatic rings. The number of halogens is 1. The summed E-state index contributed by atoms with van der Waals surface area (Å²) in [7, 11) is 0. The number of hydrogen-bond donors (Lipinski definition) is 0. The summed E-state index contributed by atoms with van der Waals surface area (Å²) in [4.78, 5) is 24.7. The van der Waals surface area contributed by atoms with Gasteiger partial charge in [0.15, 0.2) is 0 Å². The van der Waals surface area contributed by atoms with E-state index in [9.17, 15) is 9.59 Å². The molecular weight excluding hydrogens is 451 g/mol. The van der Waals surface area contributed by atoms with E-state index in [-0.39, 0.29) is 28.8 Å². The van der Waals surface area contributed by atoms with Gasteiger partial charge in [0.1, 0.15) is 11.9 Å². The average molecular weight is 484 g/mol. The van der Waals surface area contributed by atoms with E-state index in [4.69, 9.17) is 4.74 Å². The molecule has 0 N–H and O–H groups in total. The van der Waals surface area contributed by atoms with Gasteiger partial charge in [-0.15, -0.1) is 0 Å². The first-order valence-corrected chi connectivity index (χ1v) is 12.2. The number of allylic oxidation sites excluding steroid dienone is 2. The molecule has 0 heterocycles. The van der Waals surface area contributed by atoms with Crippen LogP contribution in [0.4, 0.5) is 0 Å². The molecule has 0 spiro atoms. The van der Waals surface area contributed by atoms with Crippen molar-refractivity contribution < 1.29 is 14.3 Å². The van der Waals surface area contributed by atoms with Crippen LogP contribution in [0, 0.1) is 40.4 Å². The van der Waals surface area contributed by atoms with Gasteiger partial charge in [-0.3, -0.25) is 9.59 Å². The van der Waals surface area contributed by atoms with E-state index in [1.807, 2.05) is 0 Å². The van der Waals surface area contributed by atoms with E-state index in [1.165, 1.54) is 25.7 Å². The first kappa shape index (κ1) is 19.9. The standard InChI is InChI=1S/C23H33IO3/c1-14(25)17-9-10-18-16-8-7-15-6-4-5-11-22(15,2)21(16)19(12-23(17,18)3)27-20(26)13-24/h4-5,15-19,21H,6-13H2,1-3H3/t15-,16+,17-,18+,19+,21-,22+,23-/m1/s1. The van der Waals surface area contributed by atoms with Crippen molar-refractivity contribution in [3.63, 3.8) is 0 Å². The molecular formula is C23H33IO3. The lowest BCUT2D eigenvalue weighted by Gasteiger charge is -2.61. The van der Waals surface area contributed by atoms with Crippen LogP contribution < -0.4 is 0 Å². The highest BCUT2D eigenvalue weighted by Gasteiger charge is 2.64. The summed E-state index contributed by atoms with van der Waals surface area (Å²) in [5, 5.41) is 0. The maximum atomic E-state index is 12.4. The fraction of sp³-hybridized carbons (Fsp3) is 0.826. The van der Waals surface area contributed by atoms with E-state index in [0.717, 1.165) is 19.3 Å². The van der Waals surface area contributed by atoms with Gasteiger partial charge in [0.05, 0.1) is 4.43 Å². The zero-order valence-corrected chi connectivity index (χ0v) is 19.0. The molecule has 3 nitrogen and oxygen atoms in total. The molecule has 0 bridgehead atoms. The van der Waals surface area contributed by atoms with Crippen molar-refractivity contribution in [3.8, 4) is 0 Å². The van der Waals surface area contributed by atoms with Gasteiger partial charge < -0.3 is 4.74 Å². The molecule has 4 rings (SSSR count). The van der Waals surface area contributed by atoms with Gasteiger partial charge >= 0.3 is 5.97 Å². The minimum Gasteiger partial charge on any atom is -0.461 e. The Labute approximate surface area is 177 Å². The Bertz CT molecular complexity index is 658. The fourth-order valence-electron chi connectivity index (χ4n) is 7.91. The van der Waals surface area contributed by atoms with Crippen molar-refractivity contribution in [2.24, 2.45) is 40.4 Å². The molecule has 150 valence electrons. The Kier molecular flexibility index (Phi) is 5.26. The number of fused-ring (bicyclic) bond motifs is 5. The van der Waals surface area contributed by atoms with E-state index < -0.39 is 0 Å². The number of rotatable bonds is 3. The van der Waals surface area contributed by atoms with Crippen LogP contribution in [0.2, 0.25) is 0 Å². The summed E-state index contributed by atoms with van der Waals surface area (Å²) in [5.74, 6) is 2.73. The molecule has 0 unspecified atom stereocenters. The van der Waals surface area contributed by atoms with Crippen molar-refractivity contribution >= 4 is 34.3 Å². The molecule has 0 aromatic heterocycles. The van der Waals surface area contributed by atoms with Gasteiger partial charge in [-0.1, -0.05) is 48.6 Å². The zero-order chi connectivity index (χ0) is 19.4. The molecule has 0 aromatic carbocycles. The van der Waals surface area contributed by atoms with Crippen LogP contribution >= 0.6 is 22.6 Å². The molecule has 3 fully saturated rings. The lowest BCUT2D eigenvalue weighted by molar-refractivity contribution is -0.187. The van der Waals surface area contributed by atoms with E-state index >= 15 is 0 Å². The van der Waals surface area contributed by atoms with Crippen molar-refractivity contribution in [3.05, 3.63) is 12.2 Å². The fourth-order valence-corrected chi connectivity index (χ4v) is 8.09. The summed E-state index contributed by atoms with van der Waals surface area (Å²) in [6.45, 7) is 6.55. The number of alkyl halides is 1. The van der Waals surface area contributed by atoms with Crippen molar-refractivity contribution in [1.82, 2.24) is 0 Å². The highest BCUT2D eigenvalue weighted by atomic mass is 127. The maximum absolute atomic E-state index is 12.4. The zero-order valence-electron chi connectivity index (χ0n) is 16.9. The monoisotopic (exact) mass is 484 g/mol. The number of ether oxygens (including phenoxy) is 1. The van der Waals surface area contributed by atoms with Crippen LogP contribution in [0.25, 0.3) is 0 Å². The van der Waals surface area contributed by atoms with Crippen LogP contribution in [0.3, 0.4) is 0 Å². The third-order valence-corrected chi connectivity index (χ3v) is 9.62. The van der Waals surface area contributed by atoms with E-state index in [0.29, 0.717) is 33.9 Å². The van der Waals surface area contributed by atoms with Gasteiger partial charge in [-0.25, -0.2) is 0 Å². The highest BCUT2D eigenvalue weighted by molar-refractivity contribution is 14.1. The minimum atomic E-state index is -0.0872. The van der Waals surface area contributed by atoms with Gasteiger partial charge in [-0.2, -0.15) is 0 Å². The number of ketones is 1. The van der Waals surface area contributed by atoms with Crippen molar-refractivity contribution in [2.75, 3.05) is 4.43 Å². The van der Waals surface area contributed by atoms with Crippen LogP contribution in [0.1, 0.15) is 65.7 Å². The molecule has 0 amide bonds. The predicted molar refractivity (Wildman–Crippen MR) is 115 cm³/mol. The second-order valence-electron chi connectivity index (χ2n) is 10.1. The van der Waals surface area contributed by atoms with Gasteiger partial charge in [0, 0.05) is 11.8 Å². The first-order chi connectivity index (χ1) is 12.8. The molecule has 4 heteroatoms. The number of Topliss-reactive ketones (excluding diaryl/α,β-unsaturated/α-hetero) is 1. The molecule has 27 heavy (non-hydrogen) atoms. The largest absolute Gasteiger partial charge is 0.461 e. The van der Waals surface area contributed by atoms with E-state index in [1.54, 1.807) is 6.92 Å². The van der Waals surface area contributed by atoms with E-state index in [2.05, 4.69) is 48.6 Å². The summed E-state index contributed by atoms with van der Waals surface area (Å²) >= 11 is 2.11. The number of hydrogen-bond acceptors (Lipinski definition) is 3. The average Bonchev–Trinajstić information content (AvgIpc) is 2.97. The SMILES string of the molecule is CC(=O)[C@H]1CC[C@H]2[C@@H]3CC[C@H]4CC=CC[C@]4(C)[C@H]3[C@@H](OC(=O)CI)C[C@]12C. The van der Waals surface area contributed by atoms with Gasteiger partial charge in [0.25, 0.3) is 0 Å². The lowest BCUT2D eigenvalue weighted by Crippen LogP contribution is -2.59. The predicted octanol–water partition coefficient (Wildman–Crippen LogP) is 5.36. The summed E-state index contributed by atoms with van der Waals surface area (Å²) in [5.41, 5.74) is 0.223. The molecule has 3 saturated carbocycles. The normalized spacial score (nSPS) is 48.3. The second kappa shape index (κ2) is 7.14. The topological polar surface area (TPSA) is 43.4 Å². The van der Waals surface area contributed by atoms with Gasteiger partial charge in [-0.05, 0) is 80.5 Å². The van der Waals surface area contributed by atoms with Crippen molar-refractivity contribution in [1.29, 1.82) is 0 Å². The maximum Gasteiger partial charge on any atom is 0.316 e. The Hall–Kier alpha value is -0.390. The Balaban J connectivity index is 1.74. The quantitative estimate of drug-likeness (QED) is 0.235. The Morgan fingerprint density at radius 1 is 1.11 bits per heavy atom. The van der Waals surface area contributed by atoms with Crippen LogP contribution in [-0.4, -0.2) is 22.3 Å². The lowest BCUT2D eigenvalue weighted by atomic mass is 9.44.